The first kappa shape index (κ1) is 7.68. The van der Waals surface area contributed by atoms with Gasteiger partial charge in [0.25, 0.3) is 0 Å². The molecule has 0 atom stereocenters. The van der Waals surface area contributed by atoms with E-state index in [2.05, 4.69) is 53.5 Å². The molecule has 0 saturated heterocycles. The lowest BCUT2D eigenvalue weighted by Crippen LogP contribution is -2.13. The van der Waals surface area contributed by atoms with Crippen LogP contribution in [0.3, 0.4) is 0 Å². The van der Waals surface area contributed by atoms with E-state index < -0.39 is 0 Å². The molecule has 1 N–H and O–H groups in total. The SMILES string of the molecule is CN1C=Cc2[nH]c3ccccc3c2C1. The van der Waals surface area contributed by atoms with Crippen LogP contribution < -0.4 is 0 Å². The van der Waals surface area contributed by atoms with Crippen molar-refractivity contribution < 1.29 is 0 Å². The number of nitrogens with one attached hydrogen (secondary N) is 1. The van der Waals surface area contributed by atoms with Crippen LogP contribution in [-0.2, 0) is 6.54 Å². The molecule has 0 aliphatic carbocycles. The molecule has 2 nitrogen and oxygen atoms in total. The van der Waals surface area contributed by atoms with E-state index in [-0.39, 0.29) is 0 Å². The Morgan fingerprint density at radius 1 is 1.29 bits per heavy atom. The molecule has 0 radical (unpaired) electrons. The van der Waals surface area contributed by atoms with Gasteiger partial charge in [-0.05, 0) is 12.1 Å². The van der Waals surface area contributed by atoms with Crippen LogP contribution in [0.15, 0.2) is 30.5 Å². The summed E-state index contributed by atoms with van der Waals surface area (Å²) in [6, 6.07) is 8.46. The van der Waals surface area contributed by atoms with E-state index in [1.165, 1.54) is 22.2 Å². The average Bonchev–Trinajstić information content (AvgIpc) is 2.56. The molecular formula is C12H12N2. The first-order chi connectivity index (χ1) is 6.84. The molecule has 1 aliphatic rings. The Morgan fingerprint density at radius 2 is 2.14 bits per heavy atom. The predicted octanol–water partition coefficient (Wildman–Crippen LogP) is 2.58. The first-order valence-corrected chi connectivity index (χ1v) is 4.82. The number of hydrogen-bond donors (Lipinski definition) is 1. The number of H-pyrrole nitrogens is 1. The van der Waals surface area contributed by atoms with Crippen molar-refractivity contribution in [3.63, 3.8) is 0 Å². The highest BCUT2D eigenvalue weighted by Crippen LogP contribution is 2.27. The number of fused-ring (bicyclic) bond motifs is 3. The van der Waals surface area contributed by atoms with Crippen molar-refractivity contribution in [2.75, 3.05) is 7.05 Å². The third-order valence-corrected chi connectivity index (χ3v) is 2.75. The molecule has 2 heterocycles. The summed E-state index contributed by atoms with van der Waals surface area (Å²) >= 11 is 0. The second-order valence-corrected chi connectivity index (χ2v) is 3.79. The lowest BCUT2D eigenvalue weighted by molar-refractivity contribution is 0.449. The smallest absolute Gasteiger partial charge is 0.0462 e. The molecule has 1 aromatic heterocycles. The van der Waals surface area contributed by atoms with Crippen LogP contribution in [0.1, 0.15) is 11.3 Å². The summed E-state index contributed by atoms with van der Waals surface area (Å²) in [5.74, 6) is 0. The summed E-state index contributed by atoms with van der Waals surface area (Å²) in [5, 5.41) is 1.35. The molecule has 2 aromatic rings. The summed E-state index contributed by atoms with van der Waals surface area (Å²) < 4.78 is 0. The van der Waals surface area contributed by atoms with Gasteiger partial charge in [0.1, 0.15) is 0 Å². The Kier molecular flexibility index (Phi) is 1.45. The molecule has 70 valence electrons. The highest BCUT2D eigenvalue weighted by atomic mass is 15.1. The number of para-hydroxylation sites is 1. The minimum Gasteiger partial charge on any atom is -0.376 e. The molecular weight excluding hydrogens is 172 g/mol. The topological polar surface area (TPSA) is 19.0 Å². The summed E-state index contributed by atoms with van der Waals surface area (Å²) in [7, 11) is 2.10. The Balaban J connectivity index is 2.32. The average molecular weight is 184 g/mol. The highest BCUT2D eigenvalue weighted by molar-refractivity contribution is 5.87. The van der Waals surface area contributed by atoms with Crippen molar-refractivity contribution in [1.82, 2.24) is 9.88 Å². The van der Waals surface area contributed by atoms with Crippen LogP contribution >= 0.6 is 0 Å². The first-order valence-electron chi connectivity index (χ1n) is 4.82. The fourth-order valence-corrected chi connectivity index (χ4v) is 2.04. The quantitative estimate of drug-likeness (QED) is 0.666. The second kappa shape index (κ2) is 2.64. The van der Waals surface area contributed by atoms with E-state index >= 15 is 0 Å². The van der Waals surface area contributed by atoms with E-state index in [0.717, 1.165) is 6.54 Å². The Morgan fingerprint density at radius 3 is 3.07 bits per heavy atom. The van der Waals surface area contributed by atoms with E-state index in [1.807, 2.05) is 0 Å². The number of hydrogen-bond acceptors (Lipinski definition) is 1. The zero-order chi connectivity index (χ0) is 9.54. The number of aromatic amines is 1. The van der Waals surface area contributed by atoms with Gasteiger partial charge in [0, 0.05) is 42.0 Å². The molecule has 2 heteroatoms. The van der Waals surface area contributed by atoms with Gasteiger partial charge in [-0.25, -0.2) is 0 Å². The third kappa shape index (κ3) is 0.970. The number of rotatable bonds is 0. The molecule has 0 bridgehead atoms. The molecule has 0 amide bonds. The maximum Gasteiger partial charge on any atom is 0.0462 e. The van der Waals surface area contributed by atoms with Gasteiger partial charge < -0.3 is 9.88 Å². The number of nitrogens with zero attached hydrogens (tertiary/aromatic N) is 1. The van der Waals surface area contributed by atoms with Crippen LogP contribution in [0.2, 0.25) is 0 Å². The van der Waals surface area contributed by atoms with Gasteiger partial charge in [-0.2, -0.15) is 0 Å². The number of aromatic nitrogens is 1. The zero-order valence-electron chi connectivity index (χ0n) is 8.12. The molecule has 0 fully saturated rings. The molecule has 0 spiro atoms. The van der Waals surface area contributed by atoms with Crippen molar-refractivity contribution in [1.29, 1.82) is 0 Å². The van der Waals surface area contributed by atoms with Gasteiger partial charge in [0.05, 0.1) is 0 Å². The van der Waals surface area contributed by atoms with Crippen molar-refractivity contribution in [3.05, 3.63) is 41.7 Å². The fraction of sp³-hybridized carbons (Fsp3) is 0.167. The molecule has 1 aliphatic heterocycles. The van der Waals surface area contributed by atoms with Gasteiger partial charge in [-0.15, -0.1) is 0 Å². The molecule has 0 saturated carbocycles. The summed E-state index contributed by atoms with van der Waals surface area (Å²) in [6.07, 6.45) is 4.25. The van der Waals surface area contributed by atoms with Crippen molar-refractivity contribution in [2.24, 2.45) is 0 Å². The highest BCUT2D eigenvalue weighted by Gasteiger charge is 2.12. The molecule has 3 rings (SSSR count). The zero-order valence-corrected chi connectivity index (χ0v) is 8.12. The maximum atomic E-state index is 3.42. The molecule has 14 heavy (non-hydrogen) atoms. The Hall–Kier alpha value is -1.70. The van der Waals surface area contributed by atoms with Gasteiger partial charge in [0.15, 0.2) is 0 Å². The normalized spacial score (nSPS) is 14.8. The minimum absolute atomic E-state index is 0.996. The standard InChI is InChI=1S/C12H12N2/c1-14-7-6-12-10(8-14)9-4-2-3-5-11(9)13-12/h2-7,13H,8H2,1H3. The largest absolute Gasteiger partial charge is 0.376 e. The lowest BCUT2D eigenvalue weighted by atomic mass is 10.1. The van der Waals surface area contributed by atoms with E-state index in [1.54, 1.807) is 0 Å². The minimum atomic E-state index is 0.996. The van der Waals surface area contributed by atoms with Crippen LogP contribution in [0, 0.1) is 0 Å². The second-order valence-electron chi connectivity index (χ2n) is 3.79. The van der Waals surface area contributed by atoms with Gasteiger partial charge in [0.2, 0.25) is 0 Å². The predicted molar refractivity (Wildman–Crippen MR) is 58.8 cm³/mol. The Labute approximate surface area is 82.8 Å². The maximum absolute atomic E-state index is 3.42. The molecule has 1 aromatic carbocycles. The van der Waals surface area contributed by atoms with Crippen LogP contribution in [0.5, 0.6) is 0 Å². The summed E-state index contributed by atoms with van der Waals surface area (Å²) in [6.45, 7) is 0.996. The van der Waals surface area contributed by atoms with E-state index in [9.17, 15) is 0 Å². The summed E-state index contributed by atoms with van der Waals surface area (Å²) in [5.41, 5.74) is 3.90. The van der Waals surface area contributed by atoms with Gasteiger partial charge in [-0.3, -0.25) is 0 Å². The number of benzene rings is 1. The lowest BCUT2D eigenvalue weighted by Gasteiger charge is -2.18. The molecule has 0 unspecified atom stereocenters. The van der Waals surface area contributed by atoms with Crippen molar-refractivity contribution >= 4 is 17.0 Å². The van der Waals surface area contributed by atoms with Crippen LogP contribution in [-0.4, -0.2) is 16.9 Å². The fourth-order valence-electron chi connectivity index (χ4n) is 2.04. The van der Waals surface area contributed by atoms with Gasteiger partial charge >= 0.3 is 0 Å². The van der Waals surface area contributed by atoms with Crippen LogP contribution in [0.25, 0.3) is 17.0 Å². The van der Waals surface area contributed by atoms with Crippen molar-refractivity contribution in [2.45, 2.75) is 6.54 Å². The van der Waals surface area contributed by atoms with Gasteiger partial charge in [-0.1, -0.05) is 18.2 Å². The monoisotopic (exact) mass is 184 g/mol. The van der Waals surface area contributed by atoms with Crippen LogP contribution in [0.4, 0.5) is 0 Å². The van der Waals surface area contributed by atoms with Crippen molar-refractivity contribution in [3.8, 4) is 0 Å². The summed E-state index contributed by atoms with van der Waals surface area (Å²) in [4.78, 5) is 5.62. The Bertz CT molecular complexity index is 508. The van der Waals surface area contributed by atoms with E-state index in [4.69, 9.17) is 0 Å². The third-order valence-electron chi connectivity index (χ3n) is 2.75. The van der Waals surface area contributed by atoms with E-state index in [0.29, 0.717) is 0 Å².